The van der Waals surface area contributed by atoms with Gasteiger partial charge in [-0.25, -0.2) is 9.97 Å². The number of aromatic amines is 1. The fourth-order valence-corrected chi connectivity index (χ4v) is 3.82. The molecule has 0 saturated carbocycles. The van der Waals surface area contributed by atoms with Gasteiger partial charge in [0.25, 0.3) is 5.91 Å². The molecule has 2 N–H and O–H groups in total. The van der Waals surface area contributed by atoms with Crippen LogP contribution in [0.25, 0.3) is 10.9 Å². The first-order chi connectivity index (χ1) is 13.7. The van der Waals surface area contributed by atoms with E-state index >= 15 is 0 Å². The minimum Gasteiger partial charge on any atom is -0.381 e. The van der Waals surface area contributed by atoms with Gasteiger partial charge < -0.3 is 15.2 Å². The number of fused-ring (bicyclic) bond motifs is 1. The summed E-state index contributed by atoms with van der Waals surface area (Å²) in [5.74, 6) is 0.836. The zero-order valence-corrected chi connectivity index (χ0v) is 16.1. The summed E-state index contributed by atoms with van der Waals surface area (Å²) < 4.78 is 0. The maximum atomic E-state index is 13.2. The first-order valence-electron chi connectivity index (χ1n) is 9.82. The number of amides is 1. The molecular weight excluding hydrogens is 350 g/mol. The number of nitrogens with one attached hydrogen (secondary N) is 2. The second-order valence-electron chi connectivity index (χ2n) is 7.04. The smallest absolute Gasteiger partial charge is 0.270 e. The lowest BCUT2D eigenvalue weighted by Crippen LogP contribution is -2.42. The Labute approximate surface area is 164 Å². The lowest BCUT2D eigenvalue weighted by atomic mass is 9.97. The highest BCUT2D eigenvalue weighted by molar-refractivity contribution is 5.98. The number of nitrogens with zero attached hydrogens (tertiary/aromatic N) is 3. The van der Waals surface area contributed by atoms with Crippen molar-refractivity contribution >= 4 is 16.8 Å². The SMILES string of the molecule is CCN(C(=O)c1cc2ccccc2[nH]1)[C@H]1CCC=C(NCc2ncccn2)C1. The van der Waals surface area contributed by atoms with Crippen molar-refractivity contribution in [1.29, 1.82) is 0 Å². The number of para-hydroxylation sites is 1. The number of rotatable bonds is 6. The van der Waals surface area contributed by atoms with E-state index < -0.39 is 0 Å². The number of H-pyrrole nitrogens is 1. The summed E-state index contributed by atoms with van der Waals surface area (Å²) in [7, 11) is 0. The number of benzene rings is 1. The quantitative estimate of drug-likeness (QED) is 0.690. The Morgan fingerprint density at radius 1 is 1.25 bits per heavy atom. The summed E-state index contributed by atoms with van der Waals surface area (Å²) in [6, 6.07) is 11.9. The van der Waals surface area contributed by atoms with Gasteiger partial charge in [0.15, 0.2) is 0 Å². The van der Waals surface area contributed by atoms with Crippen LogP contribution < -0.4 is 5.32 Å². The summed E-state index contributed by atoms with van der Waals surface area (Å²) in [6.07, 6.45) is 8.49. The van der Waals surface area contributed by atoms with Crippen molar-refractivity contribution < 1.29 is 4.79 Å². The van der Waals surface area contributed by atoms with Crippen molar-refractivity contribution in [3.05, 3.63) is 72.1 Å². The number of carbonyl (C=O) groups excluding carboxylic acids is 1. The van der Waals surface area contributed by atoms with Gasteiger partial charge in [-0.15, -0.1) is 0 Å². The largest absolute Gasteiger partial charge is 0.381 e. The molecule has 0 spiro atoms. The molecule has 0 radical (unpaired) electrons. The van der Waals surface area contributed by atoms with E-state index in [1.165, 1.54) is 0 Å². The van der Waals surface area contributed by atoms with E-state index in [0.717, 1.165) is 41.7 Å². The van der Waals surface area contributed by atoms with Crippen molar-refractivity contribution in [2.45, 2.75) is 38.8 Å². The van der Waals surface area contributed by atoms with E-state index in [-0.39, 0.29) is 11.9 Å². The van der Waals surface area contributed by atoms with E-state index in [0.29, 0.717) is 18.8 Å². The molecule has 1 aliphatic rings. The van der Waals surface area contributed by atoms with Gasteiger partial charge in [0.05, 0.1) is 6.54 Å². The number of hydrogen-bond donors (Lipinski definition) is 2. The second-order valence-corrected chi connectivity index (χ2v) is 7.04. The molecular formula is C22H25N5O. The summed E-state index contributed by atoms with van der Waals surface area (Å²) >= 11 is 0. The summed E-state index contributed by atoms with van der Waals surface area (Å²) in [6.45, 7) is 3.33. The van der Waals surface area contributed by atoms with Crippen LogP contribution in [0.3, 0.4) is 0 Å². The third-order valence-electron chi connectivity index (χ3n) is 5.24. The van der Waals surface area contributed by atoms with Crippen LogP contribution in [0, 0.1) is 0 Å². The minimum atomic E-state index is 0.0661. The molecule has 0 aliphatic heterocycles. The molecule has 3 aromatic rings. The molecule has 1 atom stereocenters. The van der Waals surface area contributed by atoms with E-state index in [1.807, 2.05) is 48.2 Å². The fourth-order valence-electron chi connectivity index (χ4n) is 3.82. The van der Waals surface area contributed by atoms with Gasteiger partial charge in [-0.05, 0) is 38.0 Å². The molecule has 0 bridgehead atoms. The number of carbonyl (C=O) groups is 1. The molecule has 6 heteroatoms. The van der Waals surface area contributed by atoms with Gasteiger partial charge in [-0.2, -0.15) is 0 Å². The standard InChI is InChI=1S/C22H25N5O/c1-2-27(22(28)20-13-16-7-3-4-10-19(16)26-20)18-9-5-8-17(14-18)25-15-21-23-11-6-12-24-21/h3-4,6-8,10-13,18,25-26H,2,5,9,14-15H2,1H3/t18-/m0/s1. The average Bonchev–Trinajstić information content (AvgIpc) is 3.18. The Morgan fingerprint density at radius 3 is 2.86 bits per heavy atom. The lowest BCUT2D eigenvalue weighted by Gasteiger charge is -2.33. The molecule has 0 saturated heterocycles. The lowest BCUT2D eigenvalue weighted by molar-refractivity contribution is 0.0669. The molecule has 0 fully saturated rings. The number of hydrogen-bond acceptors (Lipinski definition) is 4. The zero-order chi connectivity index (χ0) is 19.3. The van der Waals surface area contributed by atoms with Crippen LogP contribution in [0.15, 0.2) is 60.6 Å². The van der Waals surface area contributed by atoms with Gasteiger partial charge in [0.2, 0.25) is 0 Å². The van der Waals surface area contributed by atoms with Gasteiger partial charge in [-0.3, -0.25) is 4.79 Å². The van der Waals surface area contributed by atoms with Crippen LogP contribution >= 0.6 is 0 Å². The van der Waals surface area contributed by atoms with E-state index in [4.69, 9.17) is 0 Å². The van der Waals surface area contributed by atoms with Crippen molar-refractivity contribution in [2.24, 2.45) is 0 Å². The van der Waals surface area contributed by atoms with Crippen LogP contribution in [0.5, 0.6) is 0 Å². The van der Waals surface area contributed by atoms with Crippen molar-refractivity contribution in [3.8, 4) is 0 Å². The highest BCUT2D eigenvalue weighted by Gasteiger charge is 2.27. The molecule has 4 rings (SSSR count). The van der Waals surface area contributed by atoms with Crippen LogP contribution in [0.2, 0.25) is 0 Å². The number of allylic oxidation sites excluding steroid dienone is 1. The zero-order valence-electron chi connectivity index (χ0n) is 16.1. The first-order valence-corrected chi connectivity index (χ1v) is 9.82. The van der Waals surface area contributed by atoms with Crippen LogP contribution in [-0.2, 0) is 6.54 Å². The van der Waals surface area contributed by atoms with Crippen molar-refractivity contribution in [1.82, 2.24) is 25.2 Å². The Kier molecular flexibility index (Phi) is 5.37. The Balaban J connectivity index is 1.44. The predicted octanol–water partition coefficient (Wildman–Crippen LogP) is 3.65. The molecule has 0 unspecified atom stereocenters. The van der Waals surface area contributed by atoms with Crippen LogP contribution in [0.4, 0.5) is 0 Å². The van der Waals surface area contributed by atoms with E-state index in [9.17, 15) is 4.79 Å². The fraction of sp³-hybridized carbons (Fsp3) is 0.318. The minimum absolute atomic E-state index is 0.0661. The van der Waals surface area contributed by atoms with Gasteiger partial charge in [0, 0.05) is 48.0 Å². The monoisotopic (exact) mass is 375 g/mol. The van der Waals surface area contributed by atoms with Gasteiger partial charge in [-0.1, -0.05) is 24.3 Å². The van der Waals surface area contributed by atoms with Crippen LogP contribution in [0.1, 0.15) is 42.5 Å². The maximum Gasteiger partial charge on any atom is 0.270 e. The van der Waals surface area contributed by atoms with Gasteiger partial charge >= 0.3 is 0 Å². The molecule has 144 valence electrons. The van der Waals surface area contributed by atoms with E-state index in [2.05, 4.69) is 26.3 Å². The number of aromatic nitrogens is 3. The summed E-state index contributed by atoms with van der Waals surface area (Å²) in [5, 5.41) is 4.50. The van der Waals surface area contributed by atoms with Gasteiger partial charge in [0.1, 0.15) is 11.5 Å². The Bertz CT molecular complexity index is 946. The molecule has 1 aromatic carbocycles. The van der Waals surface area contributed by atoms with E-state index in [1.54, 1.807) is 12.4 Å². The summed E-state index contributed by atoms with van der Waals surface area (Å²) in [5.41, 5.74) is 2.81. The predicted molar refractivity (Wildman–Crippen MR) is 110 cm³/mol. The molecule has 2 aromatic heterocycles. The Hall–Kier alpha value is -3.15. The highest BCUT2D eigenvalue weighted by atomic mass is 16.2. The molecule has 1 amide bonds. The second kappa shape index (κ2) is 8.25. The van der Waals surface area contributed by atoms with Crippen molar-refractivity contribution in [2.75, 3.05) is 6.54 Å². The molecule has 2 heterocycles. The maximum absolute atomic E-state index is 13.2. The average molecular weight is 375 g/mol. The summed E-state index contributed by atoms with van der Waals surface area (Å²) in [4.78, 5) is 26.9. The molecule has 6 nitrogen and oxygen atoms in total. The Morgan fingerprint density at radius 2 is 2.07 bits per heavy atom. The topological polar surface area (TPSA) is 73.9 Å². The third-order valence-corrected chi connectivity index (χ3v) is 5.24. The normalized spacial score (nSPS) is 16.6. The molecule has 28 heavy (non-hydrogen) atoms. The molecule has 1 aliphatic carbocycles. The third kappa shape index (κ3) is 3.91. The van der Waals surface area contributed by atoms with Crippen molar-refractivity contribution in [3.63, 3.8) is 0 Å². The first kappa shape index (κ1) is 18.2. The highest BCUT2D eigenvalue weighted by Crippen LogP contribution is 2.24. The van der Waals surface area contributed by atoms with Crippen LogP contribution in [-0.4, -0.2) is 38.3 Å².